The molecule has 0 aliphatic rings. The van der Waals surface area contributed by atoms with Crippen molar-refractivity contribution in [3.8, 4) is 11.5 Å². The van der Waals surface area contributed by atoms with E-state index < -0.39 is 0 Å². The lowest BCUT2D eigenvalue weighted by atomic mass is 10.3. The predicted octanol–water partition coefficient (Wildman–Crippen LogP) is 4.88. The molecule has 0 amide bonds. The number of hydrogen-bond acceptors (Lipinski definition) is 3. The molecule has 0 aliphatic carbocycles. The number of nitrogens with one attached hydrogen (secondary N) is 1. The second-order valence-corrected chi connectivity index (χ2v) is 4.68. The topological polar surface area (TPSA) is 34.2 Å². The Balaban J connectivity index is 2.30. The maximum Gasteiger partial charge on any atom is 0.147 e. The van der Waals surface area contributed by atoms with Crippen LogP contribution >= 0.6 is 34.8 Å². The fourth-order valence-corrected chi connectivity index (χ4v) is 1.90. The summed E-state index contributed by atoms with van der Waals surface area (Å²) < 4.78 is 5.61. The summed E-state index contributed by atoms with van der Waals surface area (Å²) in [7, 11) is 1.80. The van der Waals surface area contributed by atoms with Crippen molar-refractivity contribution in [3.63, 3.8) is 0 Å². The minimum Gasteiger partial charge on any atom is -0.454 e. The van der Waals surface area contributed by atoms with Crippen LogP contribution in [0.2, 0.25) is 15.1 Å². The van der Waals surface area contributed by atoms with Crippen molar-refractivity contribution < 1.29 is 4.74 Å². The van der Waals surface area contributed by atoms with E-state index in [1.807, 2.05) is 0 Å². The SMILES string of the molecule is CNc1cncc(Oc2cc(Cl)c(Cl)cc2Cl)c1. The van der Waals surface area contributed by atoms with Crippen LogP contribution in [-0.4, -0.2) is 12.0 Å². The number of ether oxygens (including phenoxy) is 1. The van der Waals surface area contributed by atoms with Gasteiger partial charge in [-0.05, 0) is 6.07 Å². The molecule has 0 unspecified atom stereocenters. The van der Waals surface area contributed by atoms with Gasteiger partial charge in [-0.1, -0.05) is 34.8 Å². The largest absolute Gasteiger partial charge is 0.454 e. The summed E-state index contributed by atoms with van der Waals surface area (Å²) in [6, 6.07) is 4.90. The molecule has 1 aromatic carbocycles. The Kier molecular flexibility index (Phi) is 4.17. The van der Waals surface area contributed by atoms with Crippen LogP contribution in [0.25, 0.3) is 0 Å². The highest BCUT2D eigenvalue weighted by Crippen LogP contribution is 2.36. The smallest absolute Gasteiger partial charge is 0.147 e. The molecular weight excluding hydrogens is 295 g/mol. The van der Waals surface area contributed by atoms with E-state index in [-0.39, 0.29) is 0 Å². The number of pyridine rings is 1. The van der Waals surface area contributed by atoms with Gasteiger partial charge in [-0.15, -0.1) is 0 Å². The van der Waals surface area contributed by atoms with Crippen LogP contribution in [0.4, 0.5) is 5.69 Å². The monoisotopic (exact) mass is 302 g/mol. The van der Waals surface area contributed by atoms with Crippen molar-refractivity contribution in [1.29, 1.82) is 0 Å². The molecule has 0 aliphatic heterocycles. The molecule has 1 N–H and O–H groups in total. The van der Waals surface area contributed by atoms with E-state index >= 15 is 0 Å². The summed E-state index contributed by atoms with van der Waals surface area (Å²) >= 11 is 17.8. The standard InChI is InChI=1S/C12H9Cl3N2O/c1-16-7-2-8(6-17-5-7)18-12-4-10(14)9(13)3-11(12)15/h2-6,16H,1H3. The van der Waals surface area contributed by atoms with Crippen LogP contribution in [0.1, 0.15) is 0 Å². The van der Waals surface area contributed by atoms with Gasteiger partial charge < -0.3 is 10.1 Å². The van der Waals surface area contributed by atoms with Gasteiger partial charge >= 0.3 is 0 Å². The van der Waals surface area contributed by atoms with Gasteiger partial charge in [0.25, 0.3) is 0 Å². The highest BCUT2D eigenvalue weighted by atomic mass is 35.5. The van der Waals surface area contributed by atoms with Crippen molar-refractivity contribution >= 4 is 40.5 Å². The lowest BCUT2D eigenvalue weighted by Crippen LogP contribution is -1.91. The van der Waals surface area contributed by atoms with Gasteiger partial charge in [0.15, 0.2) is 0 Å². The molecule has 0 saturated carbocycles. The molecule has 0 spiro atoms. The van der Waals surface area contributed by atoms with Gasteiger partial charge in [-0.3, -0.25) is 4.98 Å². The van der Waals surface area contributed by atoms with E-state index in [2.05, 4.69) is 10.3 Å². The number of hydrogen-bond donors (Lipinski definition) is 1. The Bertz CT molecular complexity index is 575. The van der Waals surface area contributed by atoms with Crippen molar-refractivity contribution in [2.75, 3.05) is 12.4 Å². The molecule has 2 rings (SSSR count). The summed E-state index contributed by atoms with van der Waals surface area (Å²) in [5, 5.41) is 4.12. The van der Waals surface area contributed by atoms with Gasteiger partial charge in [0.1, 0.15) is 11.5 Å². The average molecular weight is 304 g/mol. The average Bonchev–Trinajstić information content (AvgIpc) is 2.36. The summed E-state index contributed by atoms with van der Waals surface area (Å²) in [4.78, 5) is 4.03. The molecule has 1 aromatic heterocycles. The lowest BCUT2D eigenvalue weighted by Gasteiger charge is -2.09. The zero-order chi connectivity index (χ0) is 13.1. The second kappa shape index (κ2) is 5.65. The third kappa shape index (κ3) is 2.99. The molecule has 0 fully saturated rings. The first-order chi connectivity index (χ1) is 8.60. The van der Waals surface area contributed by atoms with Gasteiger partial charge in [0.2, 0.25) is 0 Å². The van der Waals surface area contributed by atoms with E-state index in [9.17, 15) is 0 Å². The number of benzene rings is 1. The minimum absolute atomic E-state index is 0.383. The van der Waals surface area contributed by atoms with Crippen LogP contribution < -0.4 is 10.1 Å². The fourth-order valence-electron chi connectivity index (χ4n) is 1.32. The predicted molar refractivity (Wildman–Crippen MR) is 75.3 cm³/mol. The molecular formula is C12H9Cl3N2O. The molecule has 0 bridgehead atoms. The quantitative estimate of drug-likeness (QED) is 0.821. The summed E-state index contributed by atoms with van der Waals surface area (Å²) in [6.45, 7) is 0. The van der Waals surface area contributed by atoms with Gasteiger partial charge in [0, 0.05) is 19.2 Å². The van der Waals surface area contributed by atoms with Crippen LogP contribution in [0, 0.1) is 0 Å². The summed E-state index contributed by atoms with van der Waals surface area (Å²) in [5.74, 6) is 0.989. The third-order valence-corrected chi connectivity index (χ3v) is 3.22. The molecule has 2 aromatic rings. The van der Waals surface area contributed by atoms with E-state index in [1.165, 1.54) is 6.07 Å². The van der Waals surface area contributed by atoms with E-state index in [0.717, 1.165) is 5.69 Å². The Hall–Kier alpha value is -1.16. The number of anilines is 1. The number of nitrogens with zero attached hydrogens (tertiary/aromatic N) is 1. The van der Waals surface area contributed by atoms with E-state index in [4.69, 9.17) is 39.5 Å². The second-order valence-electron chi connectivity index (χ2n) is 3.46. The normalized spacial score (nSPS) is 10.2. The van der Waals surface area contributed by atoms with Crippen molar-refractivity contribution in [2.45, 2.75) is 0 Å². The number of halogens is 3. The Labute approximate surface area is 120 Å². The maximum atomic E-state index is 6.02. The molecule has 3 nitrogen and oxygen atoms in total. The van der Waals surface area contributed by atoms with Crippen LogP contribution in [0.3, 0.4) is 0 Å². The van der Waals surface area contributed by atoms with Gasteiger partial charge in [-0.2, -0.15) is 0 Å². The molecule has 0 atom stereocenters. The van der Waals surface area contributed by atoms with E-state index in [0.29, 0.717) is 26.6 Å². The minimum atomic E-state index is 0.383. The molecule has 1 heterocycles. The molecule has 94 valence electrons. The number of rotatable bonds is 3. The van der Waals surface area contributed by atoms with Crippen LogP contribution in [-0.2, 0) is 0 Å². The Morgan fingerprint density at radius 1 is 1.00 bits per heavy atom. The molecule has 0 radical (unpaired) electrons. The van der Waals surface area contributed by atoms with Gasteiger partial charge in [-0.25, -0.2) is 0 Å². The van der Waals surface area contributed by atoms with Crippen molar-refractivity contribution in [1.82, 2.24) is 4.98 Å². The third-order valence-electron chi connectivity index (χ3n) is 2.20. The van der Waals surface area contributed by atoms with Crippen molar-refractivity contribution in [3.05, 3.63) is 45.7 Å². The molecule has 0 saturated heterocycles. The highest BCUT2D eigenvalue weighted by molar-refractivity contribution is 6.43. The van der Waals surface area contributed by atoms with Crippen LogP contribution in [0.5, 0.6) is 11.5 Å². The summed E-state index contributed by atoms with van der Waals surface area (Å²) in [5.41, 5.74) is 0.837. The zero-order valence-corrected chi connectivity index (χ0v) is 11.6. The summed E-state index contributed by atoms with van der Waals surface area (Å²) in [6.07, 6.45) is 3.27. The van der Waals surface area contributed by atoms with Crippen LogP contribution in [0.15, 0.2) is 30.6 Å². The maximum absolute atomic E-state index is 6.02. The first kappa shape index (κ1) is 13.3. The fraction of sp³-hybridized carbons (Fsp3) is 0.0833. The molecule has 18 heavy (non-hydrogen) atoms. The first-order valence-corrected chi connectivity index (χ1v) is 6.18. The van der Waals surface area contributed by atoms with E-state index in [1.54, 1.807) is 31.6 Å². The highest BCUT2D eigenvalue weighted by Gasteiger charge is 2.08. The Morgan fingerprint density at radius 3 is 2.44 bits per heavy atom. The molecule has 6 heteroatoms. The Morgan fingerprint density at radius 2 is 1.72 bits per heavy atom. The first-order valence-electron chi connectivity index (χ1n) is 5.05. The number of aromatic nitrogens is 1. The van der Waals surface area contributed by atoms with Crippen molar-refractivity contribution in [2.24, 2.45) is 0 Å². The lowest BCUT2D eigenvalue weighted by molar-refractivity contribution is 0.481. The van der Waals surface area contributed by atoms with Gasteiger partial charge in [0.05, 0.1) is 33.1 Å². The zero-order valence-electron chi connectivity index (χ0n) is 9.38.